The third-order valence-electron chi connectivity index (χ3n) is 2.47. The van der Waals surface area contributed by atoms with Crippen LogP contribution in [0.4, 0.5) is 0 Å². The van der Waals surface area contributed by atoms with Gasteiger partial charge in [0.2, 0.25) is 6.35 Å². The fourth-order valence-electron chi connectivity index (χ4n) is 1.91. The molecule has 1 aliphatic carbocycles. The molecule has 0 fully saturated rings. The first kappa shape index (κ1) is 6.97. The molecule has 0 amide bonds. The Morgan fingerprint density at radius 2 is 2.23 bits per heavy atom. The number of nitrogens with one attached hydrogen (secondary N) is 1. The Kier molecular flexibility index (Phi) is 1.21. The summed E-state index contributed by atoms with van der Waals surface area (Å²) in [5.74, 6) is 0.980. The lowest BCUT2D eigenvalue weighted by atomic mass is 10.1. The smallest absolute Gasteiger partial charge is 0.224 e. The molecule has 1 aliphatic heterocycles. The number of nitrogens with two attached hydrogens (primary N) is 1. The quantitative estimate of drug-likeness (QED) is 0.610. The van der Waals surface area contributed by atoms with Crippen LogP contribution in [0, 0.1) is 0 Å². The van der Waals surface area contributed by atoms with Crippen LogP contribution >= 0.6 is 0 Å². The second kappa shape index (κ2) is 2.26. The van der Waals surface area contributed by atoms with Gasteiger partial charge in [-0.25, -0.2) is 0 Å². The number of allylic oxidation sites excluding steroid dienone is 1. The standard InChI is InChI=1S/C10H10N2O/c11-10-12-9-7-4-2-1-3-6(7)5-8(9)13-10/h1-4,10,12H,5,11H2. The maximum atomic E-state index is 5.61. The highest BCUT2D eigenvalue weighted by molar-refractivity contribution is 5.75. The van der Waals surface area contributed by atoms with Crippen molar-refractivity contribution in [2.75, 3.05) is 0 Å². The van der Waals surface area contributed by atoms with E-state index in [4.69, 9.17) is 10.5 Å². The average molecular weight is 174 g/mol. The Hall–Kier alpha value is -1.48. The summed E-state index contributed by atoms with van der Waals surface area (Å²) in [5, 5.41) is 3.11. The zero-order valence-corrected chi connectivity index (χ0v) is 7.08. The summed E-state index contributed by atoms with van der Waals surface area (Å²) < 4.78 is 5.41. The molecule has 3 N–H and O–H groups in total. The van der Waals surface area contributed by atoms with Gasteiger partial charge in [-0.05, 0) is 5.56 Å². The minimum Gasteiger partial charge on any atom is -0.459 e. The van der Waals surface area contributed by atoms with Gasteiger partial charge in [0.15, 0.2) is 0 Å². The van der Waals surface area contributed by atoms with Gasteiger partial charge < -0.3 is 10.1 Å². The molecule has 1 aromatic rings. The van der Waals surface area contributed by atoms with Gasteiger partial charge in [0, 0.05) is 12.0 Å². The van der Waals surface area contributed by atoms with Crippen LogP contribution in [0.3, 0.4) is 0 Å². The van der Waals surface area contributed by atoms with E-state index in [2.05, 4.69) is 17.4 Å². The molecule has 2 aliphatic rings. The molecule has 0 aromatic heterocycles. The molecule has 3 heteroatoms. The summed E-state index contributed by atoms with van der Waals surface area (Å²) in [6.07, 6.45) is 0.505. The third kappa shape index (κ3) is 0.876. The van der Waals surface area contributed by atoms with Crippen molar-refractivity contribution in [2.45, 2.75) is 12.8 Å². The van der Waals surface area contributed by atoms with Crippen molar-refractivity contribution in [1.82, 2.24) is 5.32 Å². The van der Waals surface area contributed by atoms with E-state index >= 15 is 0 Å². The minimum atomic E-state index is -0.363. The second-order valence-electron chi connectivity index (χ2n) is 3.31. The van der Waals surface area contributed by atoms with Gasteiger partial charge in [-0.15, -0.1) is 0 Å². The third-order valence-corrected chi connectivity index (χ3v) is 2.47. The summed E-state index contributed by atoms with van der Waals surface area (Å²) in [4.78, 5) is 0. The molecule has 13 heavy (non-hydrogen) atoms. The molecular weight excluding hydrogens is 164 g/mol. The molecule has 1 unspecified atom stereocenters. The van der Waals surface area contributed by atoms with E-state index < -0.39 is 0 Å². The molecule has 66 valence electrons. The van der Waals surface area contributed by atoms with Gasteiger partial charge in [-0.3, -0.25) is 5.73 Å². The van der Waals surface area contributed by atoms with Crippen molar-refractivity contribution in [3.63, 3.8) is 0 Å². The van der Waals surface area contributed by atoms with Crippen LogP contribution in [-0.4, -0.2) is 6.35 Å². The normalized spacial score (nSPS) is 23.6. The van der Waals surface area contributed by atoms with E-state index in [0.29, 0.717) is 0 Å². The Morgan fingerprint density at radius 1 is 1.38 bits per heavy atom. The predicted octanol–water partition coefficient (Wildman–Crippen LogP) is 0.773. The van der Waals surface area contributed by atoms with E-state index in [9.17, 15) is 0 Å². The van der Waals surface area contributed by atoms with Crippen LogP contribution in [0.1, 0.15) is 11.1 Å². The Bertz CT molecular complexity index is 398. The monoisotopic (exact) mass is 174 g/mol. The first-order valence-electron chi connectivity index (χ1n) is 4.35. The lowest BCUT2D eigenvalue weighted by Gasteiger charge is -2.10. The number of benzene rings is 1. The van der Waals surface area contributed by atoms with E-state index in [0.717, 1.165) is 17.9 Å². The van der Waals surface area contributed by atoms with Crippen molar-refractivity contribution in [3.05, 3.63) is 41.2 Å². The maximum Gasteiger partial charge on any atom is 0.224 e. The fourth-order valence-corrected chi connectivity index (χ4v) is 1.91. The molecule has 0 radical (unpaired) electrons. The molecule has 0 saturated heterocycles. The van der Waals surface area contributed by atoms with E-state index in [1.165, 1.54) is 11.1 Å². The van der Waals surface area contributed by atoms with Gasteiger partial charge in [0.1, 0.15) is 5.76 Å². The van der Waals surface area contributed by atoms with Gasteiger partial charge in [-0.1, -0.05) is 24.3 Å². The molecular formula is C10H10N2O. The first-order valence-corrected chi connectivity index (χ1v) is 4.35. The number of rotatable bonds is 0. The lowest BCUT2D eigenvalue weighted by molar-refractivity contribution is 0.130. The summed E-state index contributed by atoms with van der Waals surface area (Å²) in [6, 6.07) is 8.28. The van der Waals surface area contributed by atoms with Crippen LogP contribution in [0.5, 0.6) is 0 Å². The van der Waals surface area contributed by atoms with Crippen LogP contribution in [0.15, 0.2) is 30.0 Å². The highest BCUT2D eigenvalue weighted by Gasteiger charge is 2.29. The molecule has 3 nitrogen and oxygen atoms in total. The molecule has 1 heterocycles. The largest absolute Gasteiger partial charge is 0.459 e. The molecule has 0 saturated carbocycles. The SMILES string of the molecule is NC1NC2=C(Cc3ccccc32)O1. The lowest BCUT2D eigenvalue weighted by Crippen LogP contribution is -2.33. The highest BCUT2D eigenvalue weighted by atomic mass is 16.5. The van der Waals surface area contributed by atoms with E-state index in [-0.39, 0.29) is 6.35 Å². The van der Waals surface area contributed by atoms with E-state index in [1.807, 2.05) is 12.1 Å². The van der Waals surface area contributed by atoms with Crippen molar-refractivity contribution in [2.24, 2.45) is 5.73 Å². The van der Waals surface area contributed by atoms with Gasteiger partial charge in [-0.2, -0.15) is 0 Å². The van der Waals surface area contributed by atoms with Gasteiger partial charge in [0.05, 0.1) is 5.70 Å². The zero-order chi connectivity index (χ0) is 8.84. The molecule has 3 rings (SSSR count). The number of ether oxygens (including phenoxy) is 1. The van der Waals surface area contributed by atoms with Crippen LogP contribution in [-0.2, 0) is 11.2 Å². The average Bonchev–Trinajstić information content (AvgIpc) is 2.60. The van der Waals surface area contributed by atoms with Gasteiger partial charge in [0.25, 0.3) is 0 Å². The fraction of sp³-hybridized carbons (Fsp3) is 0.200. The number of hydrogen-bond acceptors (Lipinski definition) is 3. The van der Waals surface area contributed by atoms with Gasteiger partial charge >= 0.3 is 0 Å². The van der Waals surface area contributed by atoms with Crippen molar-refractivity contribution >= 4 is 5.70 Å². The van der Waals surface area contributed by atoms with Crippen LogP contribution in [0.25, 0.3) is 5.70 Å². The molecule has 1 aromatic carbocycles. The highest BCUT2D eigenvalue weighted by Crippen LogP contribution is 2.34. The number of hydrogen-bond donors (Lipinski definition) is 2. The second-order valence-corrected chi connectivity index (χ2v) is 3.31. The maximum absolute atomic E-state index is 5.61. The van der Waals surface area contributed by atoms with Crippen molar-refractivity contribution in [1.29, 1.82) is 0 Å². The summed E-state index contributed by atoms with van der Waals surface area (Å²) in [6.45, 7) is 0. The van der Waals surface area contributed by atoms with Crippen molar-refractivity contribution in [3.8, 4) is 0 Å². The molecule has 0 bridgehead atoms. The Morgan fingerprint density at radius 3 is 3.15 bits per heavy atom. The number of fused-ring (bicyclic) bond motifs is 2. The summed E-state index contributed by atoms with van der Waals surface area (Å²) >= 11 is 0. The predicted molar refractivity (Wildman–Crippen MR) is 49.3 cm³/mol. The van der Waals surface area contributed by atoms with E-state index in [1.54, 1.807) is 0 Å². The Balaban J connectivity index is 2.09. The van der Waals surface area contributed by atoms with Crippen LogP contribution in [0.2, 0.25) is 0 Å². The molecule has 1 atom stereocenters. The topological polar surface area (TPSA) is 47.3 Å². The summed E-state index contributed by atoms with van der Waals surface area (Å²) in [5.41, 5.74) is 9.22. The molecule has 0 spiro atoms. The first-order chi connectivity index (χ1) is 6.34. The zero-order valence-electron chi connectivity index (χ0n) is 7.08. The summed E-state index contributed by atoms with van der Waals surface area (Å²) in [7, 11) is 0. The van der Waals surface area contributed by atoms with Crippen molar-refractivity contribution < 1.29 is 4.74 Å². The Labute approximate surface area is 76.2 Å². The minimum absolute atomic E-state index is 0.363. The van der Waals surface area contributed by atoms with Crippen LogP contribution < -0.4 is 11.1 Å².